The van der Waals surface area contributed by atoms with Crippen molar-refractivity contribution in [2.75, 3.05) is 47.0 Å². The fraction of sp³-hybridized carbons (Fsp3) is 0.943. The van der Waals surface area contributed by atoms with Gasteiger partial charge in [0.05, 0.1) is 33.7 Å². The predicted molar refractivity (Wildman–Crippen MR) is 179 cm³/mol. The molecule has 1 heterocycles. The van der Waals surface area contributed by atoms with Crippen LogP contribution in [0.15, 0.2) is 0 Å². The zero-order chi connectivity index (χ0) is 34.0. The number of aliphatic hydroxyl groups excluding tert-OH is 3. The van der Waals surface area contributed by atoms with Crippen LogP contribution in [0.25, 0.3) is 0 Å². The largest absolute Gasteiger partial charge is 0.469 e. The average Bonchev–Trinajstić information content (AvgIpc) is 3.06. The zero-order valence-electron chi connectivity index (χ0n) is 29.5. The number of aliphatic hydroxyl groups is 3. The van der Waals surface area contributed by atoms with Crippen LogP contribution in [0.1, 0.15) is 129 Å². The molecule has 46 heavy (non-hydrogen) atoms. The number of methoxy groups -OCH3 is 2. The molecule has 11 nitrogen and oxygen atoms in total. The highest BCUT2D eigenvalue weighted by atomic mass is 16.7. The van der Waals surface area contributed by atoms with Crippen molar-refractivity contribution >= 4 is 11.9 Å². The van der Waals surface area contributed by atoms with Gasteiger partial charge in [-0.05, 0) is 12.8 Å². The van der Waals surface area contributed by atoms with Crippen molar-refractivity contribution in [1.82, 2.24) is 10.2 Å². The molecule has 0 radical (unpaired) electrons. The molecule has 11 heteroatoms. The zero-order valence-corrected chi connectivity index (χ0v) is 29.5. The fourth-order valence-corrected chi connectivity index (χ4v) is 5.94. The Hall–Kier alpha value is -1.34. The summed E-state index contributed by atoms with van der Waals surface area (Å²) in [6, 6.07) is 0.408. The van der Waals surface area contributed by atoms with Crippen LogP contribution in [0.4, 0.5) is 0 Å². The summed E-state index contributed by atoms with van der Waals surface area (Å²) in [6.07, 6.45) is 14.1. The van der Waals surface area contributed by atoms with Crippen LogP contribution in [0.2, 0.25) is 0 Å². The van der Waals surface area contributed by atoms with Gasteiger partial charge in [-0.15, -0.1) is 0 Å². The second-order valence-corrected chi connectivity index (χ2v) is 12.8. The Morgan fingerprint density at radius 3 is 1.67 bits per heavy atom. The van der Waals surface area contributed by atoms with Crippen LogP contribution < -0.4 is 5.32 Å². The van der Waals surface area contributed by atoms with E-state index in [1.165, 1.54) is 104 Å². The van der Waals surface area contributed by atoms with Crippen molar-refractivity contribution < 1.29 is 43.9 Å². The summed E-state index contributed by atoms with van der Waals surface area (Å²) in [5.74, 6) is -0.816. The van der Waals surface area contributed by atoms with Crippen LogP contribution in [0.5, 0.6) is 0 Å². The van der Waals surface area contributed by atoms with Gasteiger partial charge in [-0.2, -0.15) is 0 Å². The maximum absolute atomic E-state index is 11.7. The lowest BCUT2D eigenvalue weighted by Gasteiger charge is -2.42. The van der Waals surface area contributed by atoms with Crippen molar-refractivity contribution in [2.24, 2.45) is 0 Å². The van der Waals surface area contributed by atoms with Crippen LogP contribution in [0, 0.1) is 0 Å². The van der Waals surface area contributed by atoms with E-state index in [4.69, 9.17) is 18.9 Å². The summed E-state index contributed by atoms with van der Waals surface area (Å²) in [5, 5.41) is 35.5. The number of rotatable bonds is 29. The number of hydrogen-bond donors (Lipinski definition) is 4. The third-order valence-corrected chi connectivity index (χ3v) is 8.96. The first-order valence-corrected chi connectivity index (χ1v) is 18.2. The minimum Gasteiger partial charge on any atom is -0.469 e. The second-order valence-electron chi connectivity index (χ2n) is 12.8. The SMILES string of the molecule is CCCCCCCCCC(CCCCCCCCC)NCCO[C@@H]1O[C@H](CN(CCC(=O)OC)CCC(=O)OC)[C@@H](O)[C@H](O)[C@H]1O. The molecule has 1 aliphatic heterocycles. The predicted octanol–water partition coefficient (Wildman–Crippen LogP) is 4.48. The number of carbonyl (C=O) groups is 2. The van der Waals surface area contributed by atoms with Crippen molar-refractivity contribution in [3.63, 3.8) is 0 Å². The van der Waals surface area contributed by atoms with E-state index in [0.29, 0.717) is 12.6 Å². The Kier molecular flexibility index (Phi) is 25.6. The van der Waals surface area contributed by atoms with E-state index in [1.807, 2.05) is 0 Å². The monoisotopic (exact) mass is 660 g/mol. The summed E-state index contributed by atoms with van der Waals surface area (Å²) in [5.41, 5.74) is 0. The standard InChI is InChI=1S/C35H68N2O9/c1-5-7-9-11-13-15-17-19-28(20-18-16-14-12-10-8-6-2)36-23-26-45-35-34(42)33(41)32(40)29(46-35)27-37(24-21-30(38)43-3)25-22-31(39)44-4/h28-29,32-36,40-42H,5-27H2,1-4H3/t29-,32-,33+,34-,35-/m1/s1. The first-order valence-electron chi connectivity index (χ1n) is 18.2. The van der Waals surface area contributed by atoms with E-state index in [2.05, 4.69) is 19.2 Å². The Morgan fingerprint density at radius 2 is 1.20 bits per heavy atom. The van der Waals surface area contributed by atoms with Gasteiger partial charge in [0.2, 0.25) is 0 Å². The highest BCUT2D eigenvalue weighted by Crippen LogP contribution is 2.23. The van der Waals surface area contributed by atoms with E-state index in [9.17, 15) is 24.9 Å². The Balaban J connectivity index is 2.63. The number of unbranched alkanes of at least 4 members (excludes halogenated alkanes) is 12. The summed E-state index contributed by atoms with van der Waals surface area (Å²) in [7, 11) is 2.61. The molecule has 5 atom stereocenters. The minimum atomic E-state index is -1.47. The molecule has 4 N–H and O–H groups in total. The van der Waals surface area contributed by atoms with E-state index in [0.717, 1.165) is 12.8 Å². The number of nitrogens with zero attached hydrogens (tertiary/aromatic N) is 1. The number of hydrogen-bond acceptors (Lipinski definition) is 11. The molecule has 0 saturated carbocycles. The molecule has 1 rings (SSSR count). The maximum atomic E-state index is 11.7. The third-order valence-electron chi connectivity index (χ3n) is 8.96. The van der Waals surface area contributed by atoms with Crippen molar-refractivity contribution in [1.29, 1.82) is 0 Å². The molecule has 0 aromatic heterocycles. The molecule has 0 spiro atoms. The Morgan fingerprint density at radius 1 is 0.717 bits per heavy atom. The Labute approximate surface area is 279 Å². The number of ether oxygens (including phenoxy) is 4. The van der Waals surface area contributed by atoms with Gasteiger partial charge >= 0.3 is 11.9 Å². The molecule has 0 aromatic carbocycles. The van der Waals surface area contributed by atoms with Crippen molar-refractivity contribution in [2.45, 2.75) is 166 Å². The average molecular weight is 661 g/mol. The minimum absolute atomic E-state index is 0.0795. The second kappa shape index (κ2) is 27.6. The fourth-order valence-electron chi connectivity index (χ4n) is 5.94. The van der Waals surface area contributed by atoms with Crippen molar-refractivity contribution in [3.05, 3.63) is 0 Å². The van der Waals surface area contributed by atoms with Gasteiger partial charge in [-0.25, -0.2) is 0 Å². The summed E-state index contributed by atoms with van der Waals surface area (Å²) in [6.45, 7) is 5.96. The molecule has 0 bridgehead atoms. The molecule has 0 amide bonds. The molecule has 0 aliphatic carbocycles. The van der Waals surface area contributed by atoms with Crippen LogP contribution in [0.3, 0.4) is 0 Å². The number of esters is 2. The third kappa shape index (κ3) is 19.5. The van der Waals surface area contributed by atoms with Gasteiger partial charge in [-0.3, -0.25) is 14.5 Å². The van der Waals surface area contributed by atoms with E-state index >= 15 is 0 Å². The smallest absolute Gasteiger partial charge is 0.306 e. The highest BCUT2D eigenvalue weighted by molar-refractivity contribution is 5.70. The lowest BCUT2D eigenvalue weighted by atomic mass is 9.98. The summed E-state index contributed by atoms with van der Waals surface area (Å²) in [4.78, 5) is 25.2. The molecule has 0 unspecified atom stereocenters. The van der Waals surface area contributed by atoms with Crippen LogP contribution in [-0.4, -0.2) is 116 Å². The first-order chi connectivity index (χ1) is 22.3. The molecule has 1 saturated heterocycles. The normalized spacial score (nSPS) is 21.6. The maximum Gasteiger partial charge on any atom is 0.306 e. The van der Waals surface area contributed by atoms with Crippen LogP contribution in [-0.2, 0) is 28.5 Å². The van der Waals surface area contributed by atoms with Gasteiger partial charge in [0.25, 0.3) is 0 Å². The lowest BCUT2D eigenvalue weighted by Crippen LogP contribution is -2.61. The van der Waals surface area contributed by atoms with Crippen molar-refractivity contribution in [3.8, 4) is 0 Å². The van der Waals surface area contributed by atoms with Gasteiger partial charge in [0.1, 0.15) is 24.4 Å². The molecule has 1 aliphatic rings. The first kappa shape index (κ1) is 42.7. The summed E-state index contributed by atoms with van der Waals surface area (Å²) >= 11 is 0. The van der Waals surface area contributed by atoms with Gasteiger partial charge in [0.15, 0.2) is 6.29 Å². The molecule has 0 aromatic rings. The summed E-state index contributed by atoms with van der Waals surface area (Å²) < 4.78 is 21.3. The van der Waals surface area contributed by atoms with Gasteiger partial charge < -0.3 is 39.6 Å². The molecule has 1 fully saturated rings. The van der Waals surface area contributed by atoms with Gasteiger partial charge in [-0.1, -0.05) is 104 Å². The van der Waals surface area contributed by atoms with E-state index < -0.39 is 42.6 Å². The molecular formula is C35H68N2O9. The van der Waals surface area contributed by atoms with E-state index in [1.54, 1.807) is 4.90 Å². The molecular weight excluding hydrogens is 592 g/mol. The Bertz CT molecular complexity index is 722. The van der Waals surface area contributed by atoms with Gasteiger partial charge in [0, 0.05) is 32.2 Å². The molecule has 272 valence electrons. The lowest BCUT2D eigenvalue weighted by molar-refractivity contribution is -0.298. The van der Waals surface area contributed by atoms with Crippen LogP contribution >= 0.6 is 0 Å². The topological polar surface area (TPSA) is 147 Å². The number of carbonyl (C=O) groups excluding carboxylic acids is 2. The van der Waals surface area contributed by atoms with E-state index in [-0.39, 0.29) is 39.1 Å². The highest BCUT2D eigenvalue weighted by Gasteiger charge is 2.44. The quantitative estimate of drug-likeness (QED) is 0.0665. The number of nitrogens with one attached hydrogen (secondary N) is 1.